The molecule has 0 saturated carbocycles. The summed E-state index contributed by atoms with van der Waals surface area (Å²) in [5.74, 6) is 0. The molecule has 0 radical (unpaired) electrons. The van der Waals surface area contributed by atoms with Crippen LogP contribution in [0.15, 0.2) is 35.5 Å². The number of allylic oxidation sites excluding steroid dienone is 6. The smallest absolute Gasteiger partial charge is 0.0227 e. The second-order valence-corrected chi connectivity index (χ2v) is 2.23. The van der Waals surface area contributed by atoms with Crippen molar-refractivity contribution >= 4 is 0 Å². The summed E-state index contributed by atoms with van der Waals surface area (Å²) in [4.78, 5) is 0. The Kier molecular flexibility index (Phi) is 0.696. The van der Waals surface area contributed by atoms with Crippen LogP contribution in [0.4, 0.5) is 0 Å². The first-order chi connectivity index (χ1) is 3.97. The minimum atomic E-state index is 1.24. The topological polar surface area (TPSA) is 0 Å². The number of rotatable bonds is 0. The summed E-state index contributed by atoms with van der Waals surface area (Å²) in [5, 5.41) is 0. The molecule has 2 aliphatic rings. The molecule has 0 aromatic carbocycles. The molecule has 2 aliphatic carbocycles. The Morgan fingerprint density at radius 2 is 1.38 bits per heavy atom. The van der Waals surface area contributed by atoms with Gasteiger partial charge in [0.15, 0.2) is 0 Å². The van der Waals surface area contributed by atoms with E-state index in [4.69, 9.17) is 0 Å². The van der Waals surface area contributed by atoms with Crippen molar-refractivity contribution in [3.05, 3.63) is 35.5 Å². The van der Waals surface area contributed by atoms with Crippen molar-refractivity contribution in [1.29, 1.82) is 0 Å². The molecule has 0 aromatic rings. The van der Waals surface area contributed by atoms with Gasteiger partial charge in [0.2, 0.25) is 0 Å². The van der Waals surface area contributed by atoms with E-state index in [2.05, 4.69) is 24.3 Å². The van der Waals surface area contributed by atoms with Crippen LogP contribution in [-0.2, 0) is 0 Å². The number of hydrogen-bond donors (Lipinski definition) is 0. The molecule has 0 unspecified atom stereocenters. The highest BCUT2D eigenvalue weighted by atomic mass is 14.1. The van der Waals surface area contributed by atoms with E-state index in [9.17, 15) is 0 Å². The summed E-state index contributed by atoms with van der Waals surface area (Å²) >= 11 is 0. The SMILES string of the molecule is C1=CC2=CCCC=C12. The first-order valence-electron chi connectivity index (χ1n) is 3.05. The van der Waals surface area contributed by atoms with E-state index in [1.807, 2.05) is 0 Å². The van der Waals surface area contributed by atoms with Gasteiger partial charge < -0.3 is 0 Å². The summed E-state index contributed by atoms with van der Waals surface area (Å²) in [6.45, 7) is 0. The zero-order valence-corrected chi connectivity index (χ0v) is 4.72. The molecule has 0 amide bonds. The van der Waals surface area contributed by atoms with Crippen LogP contribution in [0.3, 0.4) is 0 Å². The van der Waals surface area contributed by atoms with E-state index in [-0.39, 0.29) is 0 Å². The molecule has 0 saturated heterocycles. The van der Waals surface area contributed by atoms with Crippen molar-refractivity contribution in [2.75, 3.05) is 0 Å². The average Bonchev–Trinajstić information content (AvgIpc) is 1.72. The largest absolute Gasteiger partial charge is 0.0764 e. The lowest BCUT2D eigenvalue weighted by Gasteiger charge is -2.16. The third-order valence-electron chi connectivity index (χ3n) is 1.67. The second kappa shape index (κ2) is 1.35. The van der Waals surface area contributed by atoms with Crippen molar-refractivity contribution in [2.45, 2.75) is 12.8 Å². The standard InChI is InChI=1S/C8H8/c1-2-4-8-6-5-7(8)3-1/h3-6H,1-2H2. The Morgan fingerprint density at radius 3 is 1.62 bits per heavy atom. The van der Waals surface area contributed by atoms with Gasteiger partial charge in [-0.1, -0.05) is 24.3 Å². The van der Waals surface area contributed by atoms with Crippen molar-refractivity contribution < 1.29 is 0 Å². The van der Waals surface area contributed by atoms with Crippen LogP contribution >= 0.6 is 0 Å². The highest BCUT2D eigenvalue weighted by Gasteiger charge is 2.08. The molecule has 0 aliphatic heterocycles. The molecule has 0 bridgehead atoms. The lowest BCUT2D eigenvalue weighted by atomic mass is 9.89. The summed E-state index contributed by atoms with van der Waals surface area (Å²) in [6.07, 6.45) is 11.4. The van der Waals surface area contributed by atoms with E-state index in [0.717, 1.165) is 0 Å². The molecule has 0 atom stereocenters. The van der Waals surface area contributed by atoms with E-state index in [1.54, 1.807) is 0 Å². The summed E-state index contributed by atoms with van der Waals surface area (Å²) < 4.78 is 0. The molecule has 40 valence electrons. The van der Waals surface area contributed by atoms with Gasteiger partial charge in [0.05, 0.1) is 0 Å². The van der Waals surface area contributed by atoms with E-state index in [0.29, 0.717) is 0 Å². The minimum Gasteiger partial charge on any atom is -0.0764 e. The maximum absolute atomic E-state index is 2.30. The molecule has 0 N–H and O–H groups in total. The van der Waals surface area contributed by atoms with Gasteiger partial charge in [-0.05, 0) is 24.0 Å². The van der Waals surface area contributed by atoms with E-state index >= 15 is 0 Å². The Balaban J connectivity index is 2.45. The first kappa shape index (κ1) is 4.13. The van der Waals surface area contributed by atoms with Crippen molar-refractivity contribution in [3.63, 3.8) is 0 Å². The Morgan fingerprint density at radius 1 is 0.875 bits per heavy atom. The van der Waals surface area contributed by atoms with Gasteiger partial charge in [-0.15, -0.1) is 0 Å². The zero-order valence-electron chi connectivity index (χ0n) is 4.72. The van der Waals surface area contributed by atoms with Gasteiger partial charge in [-0.25, -0.2) is 0 Å². The average molecular weight is 104 g/mol. The van der Waals surface area contributed by atoms with Gasteiger partial charge in [0.25, 0.3) is 0 Å². The monoisotopic (exact) mass is 104 g/mol. The van der Waals surface area contributed by atoms with E-state index in [1.165, 1.54) is 24.0 Å². The predicted octanol–water partition coefficient (Wildman–Crippen LogP) is 2.20. The number of fused-ring (bicyclic) bond motifs is 1. The maximum atomic E-state index is 2.30. The first-order valence-corrected chi connectivity index (χ1v) is 3.05. The molecule has 2 rings (SSSR count). The quantitative estimate of drug-likeness (QED) is 0.442. The Bertz CT molecular complexity index is 170. The predicted molar refractivity (Wildman–Crippen MR) is 34.5 cm³/mol. The van der Waals surface area contributed by atoms with Crippen LogP contribution in [0.25, 0.3) is 0 Å². The van der Waals surface area contributed by atoms with Crippen LogP contribution in [0, 0.1) is 0 Å². The lowest BCUT2D eigenvalue weighted by molar-refractivity contribution is 1.00. The molecular weight excluding hydrogens is 96.1 g/mol. The van der Waals surface area contributed by atoms with Gasteiger partial charge in [-0.2, -0.15) is 0 Å². The summed E-state index contributed by atoms with van der Waals surface area (Å²) in [6, 6.07) is 0. The van der Waals surface area contributed by atoms with Crippen molar-refractivity contribution in [3.8, 4) is 0 Å². The Hall–Kier alpha value is -0.780. The summed E-state index contributed by atoms with van der Waals surface area (Å²) in [7, 11) is 0. The zero-order chi connectivity index (χ0) is 5.40. The highest BCUT2D eigenvalue weighted by molar-refractivity contribution is 5.57. The van der Waals surface area contributed by atoms with Crippen LogP contribution < -0.4 is 0 Å². The van der Waals surface area contributed by atoms with Crippen LogP contribution in [0.5, 0.6) is 0 Å². The molecule has 0 heterocycles. The molecular formula is C8H8. The Labute approximate surface area is 49.2 Å². The van der Waals surface area contributed by atoms with Gasteiger partial charge >= 0.3 is 0 Å². The fourth-order valence-corrected chi connectivity index (χ4v) is 1.13. The molecule has 0 aromatic heterocycles. The minimum absolute atomic E-state index is 1.24. The molecule has 0 nitrogen and oxygen atoms in total. The number of hydrogen-bond acceptors (Lipinski definition) is 0. The third kappa shape index (κ3) is 0.401. The fraction of sp³-hybridized carbons (Fsp3) is 0.250. The molecule has 0 heteroatoms. The third-order valence-corrected chi connectivity index (χ3v) is 1.67. The van der Waals surface area contributed by atoms with Crippen molar-refractivity contribution in [2.24, 2.45) is 0 Å². The normalized spacial score (nSPS) is 23.0. The maximum Gasteiger partial charge on any atom is -0.0227 e. The molecule has 8 heavy (non-hydrogen) atoms. The van der Waals surface area contributed by atoms with Crippen LogP contribution in [0.2, 0.25) is 0 Å². The highest BCUT2D eigenvalue weighted by Crippen LogP contribution is 2.28. The van der Waals surface area contributed by atoms with E-state index < -0.39 is 0 Å². The second-order valence-electron chi connectivity index (χ2n) is 2.23. The lowest BCUT2D eigenvalue weighted by Crippen LogP contribution is -1.96. The van der Waals surface area contributed by atoms with Crippen molar-refractivity contribution in [1.82, 2.24) is 0 Å². The van der Waals surface area contributed by atoms with Gasteiger partial charge in [0.1, 0.15) is 0 Å². The van der Waals surface area contributed by atoms with Crippen LogP contribution in [0.1, 0.15) is 12.8 Å². The molecule has 0 spiro atoms. The fourth-order valence-electron chi connectivity index (χ4n) is 1.13. The van der Waals surface area contributed by atoms with Gasteiger partial charge in [0, 0.05) is 0 Å². The van der Waals surface area contributed by atoms with Gasteiger partial charge in [-0.3, -0.25) is 0 Å². The summed E-state index contributed by atoms with van der Waals surface area (Å²) in [5.41, 5.74) is 2.91. The van der Waals surface area contributed by atoms with Crippen LogP contribution in [-0.4, -0.2) is 0 Å². The molecule has 0 fully saturated rings.